The van der Waals surface area contributed by atoms with Crippen LogP contribution in [0.15, 0.2) is 45.9 Å². The first kappa shape index (κ1) is 17.8. The van der Waals surface area contributed by atoms with Crippen LogP contribution >= 0.6 is 0 Å². The number of nitrogens with one attached hydrogen (secondary N) is 1. The van der Waals surface area contributed by atoms with Gasteiger partial charge >= 0.3 is 0 Å². The van der Waals surface area contributed by atoms with Crippen LogP contribution in [0.4, 0.5) is 0 Å². The van der Waals surface area contributed by atoms with Gasteiger partial charge in [0.1, 0.15) is 24.2 Å². The molecule has 1 N–H and O–H groups in total. The van der Waals surface area contributed by atoms with Gasteiger partial charge in [0.15, 0.2) is 21.3 Å². The molecule has 0 radical (unpaired) electrons. The Hall–Kier alpha value is -2.04. The van der Waals surface area contributed by atoms with Gasteiger partial charge < -0.3 is 13.9 Å². The minimum absolute atomic E-state index is 0.00606. The topological polar surface area (TPSA) is 112 Å². The molecule has 1 aromatic carbocycles. The molecule has 1 aliphatic heterocycles. The van der Waals surface area contributed by atoms with Gasteiger partial charge in [0, 0.05) is 12.6 Å². The summed E-state index contributed by atoms with van der Waals surface area (Å²) in [6.07, 6.45) is 2.30. The standard InChI is InChI=1S/C15H17NO7S2/c1-24(17,18)16-10-15(13-3-2-6-21-13)25(19,20)11-4-5-12-14(9-11)23-8-7-22-12/h2-6,9,15-16H,7-8,10H2,1H3/t15-/m0/s1. The Morgan fingerprint density at radius 2 is 1.80 bits per heavy atom. The summed E-state index contributed by atoms with van der Waals surface area (Å²) in [5.74, 6) is 0.946. The number of hydrogen-bond donors (Lipinski definition) is 1. The number of benzene rings is 1. The lowest BCUT2D eigenvalue weighted by Gasteiger charge is -2.20. The molecule has 1 atom stereocenters. The Kier molecular flexibility index (Phi) is 4.76. The van der Waals surface area contributed by atoms with Crippen molar-refractivity contribution < 1.29 is 30.7 Å². The maximum atomic E-state index is 13.0. The van der Waals surface area contributed by atoms with Gasteiger partial charge in [-0.25, -0.2) is 21.6 Å². The summed E-state index contributed by atoms with van der Waals surface area (Å²) in [6.45, 7) is 0.378. The van der Waals surface area contributed by atoms with E-state index in [0.29, 0.717) is 24.7 Å². The molecule has 136 valence electrons. The summed E-state index contributed by atoms with van der Waals surface area (Å²) in [5, 5.41) is -1.21. The summed E-state index contributed by atoms with van der Waals surface area (Å²) >= 11 is 0. The molecule has 2 heterocycles. The van der Waals surface area contributed by atoms with E-state index in [0.717, 1.165) is 6.26 Å². The van der Waals surface area contributed by atoms with E-state index in [2.05, 4.69) is 4.72 Å². The summed E-state index contributed by atoms with van der Waals surface area (Å²) < 4.78 is 67.1. The van der Waals surface area contributed by atoms with E-state index in [-0.39, 0.29) is 17.2 Å². The first-order chi connectivity index (χ1) is 11.8. The van der Waals surface area contributed by atoms with Gasteiger partial charge in [-0.2, -0.15) is 0 Å². The van der Waals surface area contributed by atoms with Gasteiger partial charge in [0.25, 0.3) is 0 Å². The van der Waals surface area contributed by atoms with E-state index >= 15 is 0 Å². The average molecular weight is 387 g/mol. The molecule has 1 aliphatic rings. The molecule has 8 nitrogen and oxygen atoms in total. The highest BCUT2D eigenvalue weighted by atomic mass is 32.2. The molecule has 0 bridgehead atoms. The van der Waals surface area contributed by atoms with Gasteiger partial charge in [0.2, 0.25) is 10.0 Å². The van der Waals surface area contributed by atoms with Crippen molar-refractivity contribution in [3.05, 3.63) is 42.4 Å². The second-order valence-electron chi connectivity index (χ2n) is 5.48. The van der Waals surface area contributed by atoms with Gasteiger partial charge in [-0.05, 0) is 24.3 Å². The highest BCUT2D eigenvalue weighted by molar-refractivity contribution is 7.92. The van der Waals surface area contributed by atoms with Gasteiger partial charge in [0.05, 0.1) is 17.4 Å². The maximum absolute atomic E-state index is 13.0. The molecular weight excluding hydrogens is 370 g/mol. The number of rotatable bonds is 6. The van der Waals surface area contributed by atoms with Gasteiger partial charge in [-0.1, -0.05) is 0 Å². The van der Waals surface area contributed by atoms with Crippen LogP contribution in [0.2, 0.25) is 0 Å². The molecule has 10 heteroatoms. The monoisotopic (exact) mass is 387 g/mol. The Morgan fingerprint density at radius 3 is 2.44 bits per heavy atom. The zero-order chi connectivity index (χ0) is 18.1. The number of fused-ring (bicyclic) bond motifs is 1. The quantitative estimate of drug-likeness (QED) is 0.790. The lowest BCUT2D eigenvalue weighted by atomic mass is 10.3. The Bertz CT molecular complexity index is 950. The largest absolute Gasteiger partial charge is 0.486 e. The molecule has 0 spiro atoms. The van der Waals surface area contributed by atoms with Crippen LogP contribution in [0.5, 0.6) is 11.5 Å². The maximum Gasteiger partial charge on any atom is 0.208 e. The number of sulfone groups is 1. The molecule has 0 aliphatic carbocycles. The van der Waals surface area contributed by atoms with E-state index in [1.54, 1.807) is 6.07 Å². The minimum Gasteiger partial charge on any atom is -0.486 e. The van der Waals surface area contributed by atoms with Gasteiger partial charge in [-0.3, -0.25) is 0 Å². The van der Waals surface area contributed by atoms with Crippen LogP contribution < -0.4 is 14.2 Å². The second-order valence-corrected chi connectivity index (χ2v) is 9.44. The van der Waals surface area contributed by atoms with Crippen molar-refractivity contribution in [2.75, 3.05) is 26.0 Å². The van der Waals surface area contributed by atoms with E-state index in [9.17, 15) is 16.8 Å². The summed E-state index contributed by atoms with van der Waals surface area (Å²) in [4.78, 5) is -0.00606. The highest BCUT2D eigenvalue weighted by Gasteiger charge is 2.33. The van der Waals surface area contributed by atoms with Crippen LogP contribution in [0.3, 0.4) is 0 Å². The molecule has 0 amide bonds. The third-order valence-corrected chi connectivity index (χ3v) is 6.36. The molecule has 0 unspecified atom stereocenters. The number of ether oxygens (including phenoxy) is 2. The molecule has 25 heavy (non-hydrogen) atoms. The molecule has 2 aromatic rings. The second kappa shape index (κ2) is 6.70. The van der Waals surface area contributed by atoms with Crippen molar-refractivity contribution in [2.45, 2.75) is 10.1 Å². The number of furan rings is 1. The predicted molar refractivity (Wildman–Crippen MR) is 88.9 cm³/mol. The van der Waals surface area contributed by atoms with E-state index < -0.39 is 25.1 Å². The van der Waals surface area contributed by atoms with Crippen molar-refractivity contribution in [3.8, 4) is 11.5 Å². The fraction of sp³-hybridized carbons (Fsp3) is 0.333. The average Bonchev–Trinajstić information content (AvgIpc) is 3.07. The Labute approximate surface area is 145 Å². The fourth-order valence-electron chi connectivity index (χ4n) is 2.43. The lowest BCUT2D eigenvalue weighted by Crippen LogP contribution is -2.31. The smallest absolute Gasteiger partial charge is 0.208 e. The molecular formula is C15H17NO7S2. The predicted octanol–water partition coefficient (Wildman–Crippen LogP) is 1.11. The molecule has 0 saturated carbocycles. The van der Waals surface area contributed by atoms with E-state index in [1.807, 2.05) is 0 Å². The van der Waals surface area contributed by atoms with Crippen molar-refractivity contribution >= 4 is 19.9 Å². The third-order valence-electron chi connectivity index (χ3n) is 3.61. The van der Waals surface area contributed by atoms with Crippen LogP contribution in [0, 0.1) is 0 Å². The summed E-state index contributed by atoms with van der Waals surface area (Å²) in [6, 6.07) is 7.33. The van der Waals surface area contributed by atoms with Crippen LogP contribution in [0.1, 0.15) is 11.0 Å². The molecule has 0 fully saturated rings. The van der Waals surface area contributed by atoms with Crippen molar-refractivity contribution in [1.29, 1.82) is 0 Å². The zero-order valence-electron chi connectivity index (χ0n) is 13.3. The minimum atomic E-state index is -3.94. The highest BCUT2D eigenvalue weighted by Crippen LogP contribution is 2.36. The first-order valence-corrected chi connectivity index (χ1v) is 10.8. The third kappa shape index (κ3) is 3.97. The molecule has 3 rings (SSSR count). The Morgan fingerprint density at radius 1 is 1.08 bits per heavy atom. The van der Waals surface area contributed by atoms with Crippen LogP contribution in [-0.4, -0.2) is 42.8 Å². The van der Waals surface area contributed by atoms with Crippen molar-refractivity contribution in [1.82, 2.24) is 4.72 Å². The van der Waals surface area contributed by atoms with Crippen molar-refractivity contribution in [2.24, 2.45) is 0 Å². The van der Waals surface area contributed by atoms with Crippen LogP contribution in [-0.2, 0) is 19.9 Å². The Balaban J connectivity index is 1.98. The zero-order valence-corrected chi connectivity index (χ0v) is 15.0. The fourth-order valence-corrected chi connectivity index (χ4v) is 4.60. The van der Waals surface area contributed by atoms with Crippen LogP contribution in [0.25, 0.3) is 0 Å². The molecule has 1 aromatic heterocycles. The van der Waals surface area contributed by atoms with Gasteiger partial charge in [-0.15, -0.1) is 0 Å². The number of hydrogen-bond acceptors (Lipinski definition) is 7. The summed E-state index contributed by atoms with van der Waals surface area (Å²) in [7, 11) is -7.50. The SMILES string of the molecule is CS(=O)(=O)NC[C@@H](c1ccco1)S(=O)(=O)c1ccc2c(c1)OCCO2. The normalized spacial score (nSPS) is 15.7. The summed E-state index contributed by atoms with van der Waals surface area (Å²) in [5.41, 5.74) is 0. The molecule has 0 saturated heterocycles. The van der Waals surface area contributed by atoms with Crippen molar-refractivity contribution in [3.63, 3.8) is 0 Å². The first-order valence-electron chi connectivity index (χ1n) is 7.39. The van der Waals surface area contributed by atoms with E-state index in [1.165, 1.54) is 30.5 Å². The number of sulfonamides is 1. The van der Waals surface area contributed by atoms with E-state index in [4.69, 9.17) is 13.9 Å². The lowest BCUT2D eigenvalue weighted by molar-refractivity contribution is 0.171.